The molecule has 0 N–H and O–H groups in total. The third-order valence-corrected chi connectivity index (χ3v) is 4.21. The zero-order chi connectivity index (χ0) is 19.4. The van der Waals surface area contributed by atoms with Crippen LogP contribution >= 0.6 is 0 Å². The summed E-state index contributed by atoms with van der Waals surface area (Å²) < 4.78 is 5.56. The lowest BCUT2D eigenvalue weighted by Crippen LogP contribution is -2.23. The molecule has 0 radical (unpaired) electrons. The maximum atomic E-state index is 12.4. The Morgan fingerprint density at radius 3 is 1.73 bits per heavy atom. The zero-order valence-electron chi connectivity index (χ0n) is 16.4. The van der Waals surface area contributed by atoms with E-state index in [1.54, 1.807) is 11.8 Å². The molecule has 4 heteroatoms. The Bertz CT molecular complexity index is 765. The van der Waals surface area contributed by atoms with E-state index >= 15 is 0 Å². The van der Waals surface area contributed by atoms with Crippen LogP contribution in [0.5, 0.6) is 5.75 Å². The van der Waals surface area contributed by atoms with Gasteiger partial charge in [-0.2, -0.15) is 0 Å². The van der Waals surface area contributed by atoms with Gasteiger partial charge < -0.3 is 4.74 Å². The van der Waals surface area contributed by atoms with Crippen LogP contribution in [0.15, 0.2) is 42.5 Å². The highest BCUT2D eigenvalue weighted by Crippen LogP contribution is 2.40. The molecule has 0 unspecified atom stereocenters. The first-order chi connectivity index (χ1) is 12.2. The fraction of sp³-hybridized carbons (Fsp3) is 0.364. The zero-order valence-corrected chi connectivity index (χ0v) is 16.4. The Morgan fingerprint density at radius 1 is 0.846 bits per heavy atom. The molecule has 0 saturated carbocycles. The maximum Gasteiger partial charge on any atom is 0.308 e. The molecule has 0 fully saturated rings. The number of hydrogen-bond donors (Lipinski definition) is 0. The first-order valence-electron chi connectivity index (χ1n) is 8.94. The van der Waals surface area contributed by atoms with Gasteiger partial charge in [0.15, 0.2) is 0 Å². The van der Waals surface area contributed by atoms with Crippen molar-refractivity contribution in [2.24, 2.45) is 0 Å². The van der Waals surface area contributed by atoms with Crippen LogP contribution < -0.4 is 9.64 Å². The topological polar surface area (TPSA) is 46.6 Å². The molecule has 1 amide bonds. The molecule has 0 aromatic heterocycles. The minimum absolute atomic E-state index is 0.0687. The summed E-state index contributed by atoms with van der Waals surface area (Å²) >= 11 is 0. The van der Waals surface area contributed by atoms with Crippen molar-refractivity contribution in [2.45, 2.75) is 53.4 Å². The van der Waals surface area contributed by atoms with Crippen LogP contribution in [0.25, 0.3) is 0 Å². The number of carbonyl (C=O) groups is 2. The number of para-hydroxylation sites is 1. The number of benzene rings is 2. The second kappa shape index (κ2) is 8.17. The Kier molecular flexibility index (Phi) is 6.19. The average molecular weight is 353 g/mol. The molecule has 0 aliphatic rings. The van der Waals surface area contributed by atoms with E-state index in [4.69, 9.17) is 4.74 Å². The monoisotopic (exact) mass is 353 g/mol. The summed E-state index contributed by atoms with van der Waals surface area (Å²) in [6.45, 7) is 11.2. The number of carbonyl (C=O) groups excluding carboxylic acids is 2. The predicted octanol–water partition coefficient (Wildman–Crippen LogP) is 5.54. The van der Waals surface area contributed by atoms with Crippen LogP contribution in [0.4, 0.5) is 11.4 Å². The van der Waals surface area contributed by atoms with E-state index in [-0.39, 0.29) is 23.7 Å². The first kappa shape index (κ1) is 19.7. The summed E-state index contributed by atoms with van der Waals surface area (Å²) in [6, 6.07) is 13.4. The Hall–Kier alpha value is -2.62. The van der Waals surface area contributed by atoms with Crippen molar-refractivity contribution >= 4 is 23.3 Å². The molecule has 0 aliphatic carbocycles. The fourth-order valence-corrected chi connectivity index (χ4v) is 3.00. The van der Waals surface area contributed by atoms with Crippen molar-refractivity contribution in [1.29, 1.82) is 0 Å². The lowest BCUT2D eigenvalue weighted by Gasteiger charge is -2.26. The van der Waals surface area contributed by atoms with Gasteiger partial charge in [0.2, 0.25) is 5.91 Å². The minimum atomic E-state index is -0.340. The standard InChI is InChI=1S/C22H27NO3/c1-14(2)20-12-19(13-21(15(3)4)22(20)26-17(6)25)23(16(5)24)18-10-8-7-9-11-18/h7-15H,1-6H3. The molecule has 0 atom stereocenters. The molecule has 0 bridgehead atoms. The van der Waals surface area contributed by atoms with Gasteiger partial charge in [0.25, 0.3) is 0 Å². The number of nitrogens with zero attached hydrogens (tertiary/aromatic N) is 1. The number of esters is 1. The summed E-state index contributed by atoms with van der Waals surface area (Å²) in [5.41, 5.74) is 3.43. The third kappa shape index (κ3) is 4.31. The van der Waals surface area contributed by atoms with Gasteiger partial charge in [-0.05, 0) is 47.2 Å². The molecular formula is C22H27NO3. The summed E-state index contributed by atoms with van der Waals surface area (Å²) in [6.07, 6.45) is 0. The summed E-state index contributed by atoms with van der Waals surface area (Å²) in [5, 5.41) is 0. The van der Waals surface area contributed by atoms with E-state index in [0.717, 1.165) is 22.5 Å². The molecule has 0 spiro atoms. The molecular weight excluding hydrogens is 326 g/mol. The average Bonchev–Trinajstić information content (AvgIpc) is 2.55. The minimum Gasteiger partial charge on any atom is -0.426 e. The molecule has 2 rings (SSSR count). The van der Waals surface area contributed by atoms with Gasteiger partial charge >= 0.3 is 5.97 Å². The first-order valence-corrected chi connectivity index (χ1v) is 8.94. The lowest BCUT2D eigenvalue weighted by molar-refractivity contribution is -0.132. The van der Waals surface area contributed by atoms with E-state index in [0.29, 0.717) is 5.75 Å². The fourth-order valence-electron chi connectivity index (χ4n) is 3.00. The Morgan fingerprint density at radius 2 is 1.35 bits per heavy atom. The van der Waals surface area contributed by atoms with Gasteiger partial charge in [-0.15, -0.1) is 0 Å². The summed E-state index contributed by atoms with van der Waals surface area (Å²) in [7, 11) is 0. The van der Waals surface area contributed by atoms with Crippen molar-refractivity contribution in [1.82, 2.24) is 0 Å². The van der Waals surface area contributed by atoms with Crippen LogP contribution in [0.3, 0.4) is 0 Å². The van der Waals surface area contributed by atoms with Crippen LogP contribution in [0, 0.1) is 0 Å². The molecule has 2 aromatic carbocycles. The normalized spacial score (nSPS) is 10.9. The highest BCUT2D eigenvalue weighted by atomic mass is 16.5. The van der Waals surface area contributed by atoms with E-state index < -0.39 is 0 Å². The quantitative estimate of drug-likeness (QED) is 0.523. The molecule has 2 aromatic rings. The van der Waals surface area contributed by atoms with Gasteiger partial charge in [-0.3, -0.25) is 14.5 Å². The van der Waals surface area contributed by atoms with E-state index in [2.05, 4.69) is 27.7 Å². The van der Waals surface area contributed by atoms with Gasteiger partial charge in [-0.1, -0.05) is 45.9 Å². The van der Waals surface area contributed by atoms with E-state index in [9.17, 15) is 9.59 Å². The number of rotatable bonds is 5. The van der Waals surface area contributed by atoms with Crippen LogP contribution in [-0.4, -0.2) is 11.9 Å². The maximum absolute atomic E-state index is 12.4. The molecule has 0 saturated heterocycles. The molecule has 138 valence electrons. The number of hydrogen-bond acceptors (Lipinski definition) is 3. The Balaban J connectivity index is 2.72. The number of anilines is 2. The Labute approximate surface area is 155 Å². The molecule has 4 nitrogen and oxygen atoms in total. The molecule has 0 heterocycles. The van der Waals surface area contributed by atoms with Crippen molar-refractivity contribution in [3.63, 3.8) is 0 Å². The predicted molar refractivity (Wildman–Crippen MR) is 105 cm³/mol. The molecule has 26 heavy (non-hydrogen) atoms. The number of ether oxygens (including phenoxy) is 1. The molecule has 0 aliphatic heterocycles. The van der Waals surface area contributed by atoms with E-state index in [1.807, 2.05) is 42.5 Å². The van der Waals surface area contributed by atoms with Crippen molar-refractivity contribution in [3.05, 3.63) is 53.6 Å². The summed E-state index contributed by atoms with van der Waals surface area (Å²) in [5.74, 6) is 0.495. The largest absolute Gasteiger partial charge is 0.426 e. The smallest absolute Gasteiger partial charge is 0.308 e. The van der Waals surface area contributed by atoms with Gasteiger partial charge in [-0.25, -0.2) is 0 Å². The van der Waals surface area contributed by atoms with E-state index in [1.165, 1.54) is 6.92 Å². The van der Waals surface area contributed by atoms with Crippen molar-refractivity contribution < 1.29 is 14.3 Å². The van der Waals surface area contributed by atoms with Gasteiger partial charge in [0.1, 0.15) is 5.75 Å². The van der Waals surface area contributed by atoms with Crippen molar-refractivity contribution in [2.75, 3.05) is 4.90 Å². The summed E-state index contributed by atoms with van der Waals surface area (Å²) in [4.78, 5) is 25.7. The van der Waals surface area contributed by atoms with Gasteiger partial charge in [0.05, 0.1) is 0 Å². The highest BCUT2D eigenvalue weighted by Gasteiger charge is 2.22. The number of amides is 1. The van der Waals surface area contributed by atoms with Crippen LogP contribution in [-0.2, 0) is 9.59 Å². The lowest BCUT2D eigenvalue weighted by atomic mass is 9.92. The second-order valence-electron chi connectivity index (χ2n) is 7.05. The van der Waals surface area contributed by atoms with Gasteiger partial charge in [0, 0.05) is 25.2 Å². The van der Waals surface area contributed by atoms with Crippen LogP contribution in [0.1, 0.15) is 64.5 Å². The SMILES string of the molecule is CC(=O)Oc1c(C(C)C)cc(N(C(C)=O)c2ccccc2)cc1C(C)C. The third-order valence-electron chi connectivity index (χ3n) is 4.21. The van der Waals surface area contributed by atoms with Crippen molar-refractivity contribution in [3.8, 4) is 5.75 Å². The van der Waals surface area contributed by atoms with Crippen LogP contribution in [0.2, 0.25) is 0 Å². The highest BCUT2D eigenvalue weighted by molar-refractivity contribution is 5.99. The second-order valence-corrected chi connectivity index (χ2v) is 7.05.